The molecule has 0 bridgehead atoms. The largest absolute Gasteiger partial charge is 0.481 e. The van der Waals surface area contributed by atoms with Crippen LogP contribution in [0.15, 0.2) is 48.6 Å². The Morgan fingerprint density at radius 1 is 1.00 bits per heavy atom. The molecular formula is C20H32O4. The van der Waals surface area contributed by atoms with Crippen LogP contribution >= 0.6 is 0 Å². The second-order valence-electron chi connectivity index (χ2n) is 5.65. The van der Waals surface area contributed by atoms with Crippen molar-refractivity contribution in [3.8, 4) is 0 Å². The maximum absolute atomic E-state index is 10.3. The first-order chi connectivity index (χ1) is 11.7. The lowest BCUT2D eigenvalue weighted by molar-refractivity contribution is -0.264. The van der Waals surface area contributed by atoms with Crippen LogP contribution in [0.5, 0.6) is 0 Å². The molecule has 4 heteroatoms. The highest BCUT2D eigenvalue weighted by Gasteiger charge is 1.99. The summed E-state index contributed by atoms with van der Waals surface area (Å²) < 4.78 is 0. The summed E-state index contributed by atoms with van der Waals surface area (Å²) in [5.74, 6) is -0.768. The normalized spacial score (nSPS) is 13.8. The van der Waals surface area contributed by atoms with Gasteiger partial charge in [0, 0.05) is 6.42 Å². The van der Waals surface area contributed by atoms with Crippen LogP contribution in [-0.2, 0) is 9.68 Å². The molecule has 0 saturated heterocycles. The Kier molecular flexibility index (Phi) is 16.5. The molecule has 0 spiro atoms. The maximum Gasteiger partial charge on any atom is 0.303 e. The zero-order valence-electron chi connectivity index (χ0n) is 14.8. The van der Waals surface area contributed by atoms with Gasteiger partial charge >= 0.3 is 5.97 Å². The van der Waals surface area contributed by atoms with Crippen molar-refractivity contribution in [1.82, 2.24) is 0 Å². The number of allylic oxidation sites excluding steroid dienone is 6. The molecule has 0 saturated carbocycles. The van der Waals surface area contributed by atoms with Crippen molar-refractivity contribution in [3.05, 3.63) is 48.6 Å². The van der Waals surface area contributed by atoms with Crippen LogP contribution in [0.3, 0.4) is 0 Å². The number of carboxylic acid groups (broad SMARTS) is 1. The molecule has 0 radical (unpaired) electrons. The summed E-state index contributed by atoms with van der Waals surface area (Å²) >= 11 is 0. The monoisotopic (exact) mass is 336 g/mol. The van der Waals surface area contributed by atoms with Gasteiger partial charge in [0.1, 0.15) is 6.10 Å². The van der Waals surface area contributed by atoms with Crippen LogP contribution in [0.2, 0.25) is 0 Å². The highest BCUT2D eigenvalue weighted by Crippen LogP contribution is 2.04. The fourth-order valence-electron chi connectivity index (χ4n) is 2.02. The van der Waals surface area contributed by atoms with E-state index in [4.69, 9.17) is 10.4 Å². The van der Waals surface area contributed by atoms with Gasteiger partial charge in [-0.1, -0.05) is 68.4 Å². The number of carbonyl (C=O) groups is 1. The average Bonchev–Trinajstić information content (AvgIpc) is 2.57. The summed E-state index contributed by atoms with van der Waals surface area (Å²) in [6.45, 7) is 2.20. The van der Waals surface area contributed by atoms with E-state index < -0.39 is 5.97 Å². The minimum Gasteiger partial charge on any atom is -0.481 e. The van der Waals surface area contributed by atoms with Crippen molar-refractivity contribution in [1.29, 1.82) is 0 Å². The Hall–Kier alpha value is -1.65. The maximum atomic E-state index is 10.3. The van der Waals surface area contributed by atoms with E-state index in [9.17, 15) is 4.79 Å². The van der Waals surface area contributed by atoms with E-state index >= 15 is 0 Å². The fourth-order valence-corrected chi connectivity index (χ4v) is 2.02. The van der Waals surface area contributed by atoms with Crippen molar-refractivity contribution in [3.63, 3.8) is 0 Å². The lowest BCUT2D eigenvalue weighted by Gasteiger charge is -2.03. The Morgan fingerprint density at radius 2 is 1.75 bits per heavy atom. The van der Waals surface area contributed by atoms with E-state index in [0.29, 0.717) is 12.8 Å². The van der Waals surface area contributed by atoms with E-state index in [1.165, 1.54) is 19.3 Å². The van der Waals surface area contributed by atoms with Gasteiger partial charge in [-0.2, -0.15) is 0 Å². The summed E-state index contributed by atoms with van der Waals surface area (Å²) in [5, 5.41) is 17.4. The molecule has 1 atom stereocenters. The average molecular weight is 336 g/mol. The van der Waals surface area contributed by atoms with Crippen LogP contribution in [0.1, 0.15) is 64.7 Å². The third-order valence-corrected chi connectivity index (χ3v) is 3.42. The van der Waals surface area contributed by atoms with Crippen molar-refractivity contribution in [2.24, 2.45) is 0 Å². The minimum absolute atomic E-state index is 0.189. The van der Waals surface area contributed by atoms with Crippen molar-refractivity contribution >= 4 is 5.97 Å². The number of unbranched alkanes of at least 4 members (excludes halogenated alkanes) is 4. The van der Waals surface area contributed by atoms with Crippen LogP contribution in [-0.4, -0.2) is 22.4 Å². The lowest BCUT2D eigenvalue weighted by atomic mass is 10.2. The molecule has 4 nitrogen and oxygen atoms in total. The minimum atomic E-state index is -0.768. The molecule has 0 aromatic rings. The summed E-state index contributed by atoms with van der Waals surface area (Å²) in [4.78, 5) is 14.8. The van der Waals surface area contributed by atoms with Gasteiger partial charge < -0.3 is 5.11 Å². The first-order valence-electron chi connectivity index (χ1n) is 8.86. The van der Waals surface area contributed by atoms with Gasteiger partial charge in [0.05, 0.1) is 0 Å². The molecule has 0 aliphatic rings. The number of carboxylic acids is 1. The molecule has 0 aromatic carbocycles. The molecule has 0 rings (SSSR count). The molecule has 0 aromatic heterocycles. The van der Waals surface area contributed by atoms with Gasteiger partial charge in [-0.3, -0.25) is 10.1 Å². The Morgan fingerprint density at radius 3 is 2.46 bits per heavy atom. The molecule has 24 heavy (non-hydrogen) atoms. The van der Waals surface area contributed by atoms with E-state index in [0.717, 1.165) is 19.3 Å². The van der Waals surface area contributed by atoms with Gasteiger partial charge in [0.15, 0.2) is 0 Å². The van der Waals surface area contributed by atoms with Gasteiger partial charge in [-0.05, 0) is 38.5 Å². The Labute approximate surface area is 146 Å². The number of hydrogen-bond donors (Lipinski definition) is 2. The van der Waals surface area contributed by atoms with E-state index in [1.807, 2.05) is 24.3 Å². The second-order valence-corrected chi connectivity index (χ2v) is 5.65. The molecule has 0 aliphatic carbocycles. The van der Waals surface area contributed by atoms with Gasteiger partial charge in [0.25, 0.3) is 0 Å². The zero-order valence-corrected chi connectivity index (χ0v) is 14.8. The molecule has 1 unspecified atom stereocenters. The van der Waals surface area contributed by atoms with E-state index in [1.54, 1.807) is 6.08 Å². The van der Waals surface area contributed by atoms with E-state index in [-0.39, 0.29) is 12.5 Å². The van der Waals surface area contributed by atoms with Crippen LogP contribution in [0.4, 0.5) is 0 Å². The Bertz CT molecular complexity index is 408. The standard InChI is InChI=1S/C20H32O4/c1-2-3-4-5-6-7-8-10-13-16-19(24-23)17-14-11-9-12-15-18-20(21)22/h6-7,9-11,13-14,17,19,23H,2-5,8,12,15-16,18H2,1H3,(H,21,22). The van der Waals surface area contributed by atoms with Crippen molar-refractivity contribution in [2.75, 3.05) is 0 Å². The summed E-state index contributed by atoms with van der Waals surface area (Å²) in [7, 11) is 0. The van der Waals surface area contributed by atoms with Crippen molar-refractivity contribution in [2.45, 2.75) is 70.8 Å². The van der Waals surface area contributed by atoms with Crippen LogP contribution < -0.4 is 0 Å². The topological polar surface area (TPSA) is 66.8 Å². The molecule has 0 amide bonds. The Balaban J connectivity index is 3.81. The highest BCUT2D eigenvalue weighted by atomic mass is 17.1. The molecule has 2 N–H and O–H groups in total. The first-order valence-corrected chi connectivity index (χ1v) is 8.86. The first kappa shape index (κ1) is 22.4. The molecule has 136 valence electrons. The molecular weight excluding hydrogens is 304 g/mol. The second kappa shape index (κ2) is 17.7. The smallest absolute Gasteiger partial charge is 0.303 e. The zero-order chi connectivity index (χ0) is 17.9. The predicted octanol–water partition coefficient (Wildman–Crippen LogP) is 5.68. The predicted molar refractivity (Wildman–Crippen MR) is 98.9 cm³/mol. The van der Waals surface area contributed by atoms with Crippen LogP contribution in [0, 0.1) is 0 Å². The number of rotatable bonds is 15. The summed E-state index contributed by atoms with van der Waals surface area (Å²) in [6.07, 6.45) is 23.4. The highest BCUT2D eigenvalue weighted by molar-refractivity contribution is 5.66. The molecule has 0 aliphatic heterocycles. The SMILES string of the molecule is CCCCCC=CCC=CCC(C=CC=CCCCC(=O)O)OO. The fraction of sp³-hybridized carbons (Fsp3) is 0.550. The quantitative estimate of drug-likeness (QED) is 0.133. The number of aliphatic carboxylic acids is 1. The van der Waals surface area contributed by atoms with Crippen LogP contribution in [0.25, 0.3) is 0 Å². The number of hydrogen-bond acceptors (Lipinski definition) is 3. The molecule has 0 heterocycles. The summed E-state index contributed by atoms with van der Waals surface area (Å²) in [5.41, 5.74) is 0. The van der Waals surface area contributed by atoms with Gasteiger partial charge in [-0.15, -0.1) is 0 Å². The van der Waals surface area contributed by atoms with Gasteiger partial charge in [-0.25, -0.2) is 4.89 Å². The van der Waals surface area contributed by atoms with Crippen molar-refractivity contribution < 1.29 is 20.0 Å². The molecule has 0 fully saturated rings. The third-order valence-electron chi connectivity index (χ3n) is 3.42. The van der Waals surface area contributed by atoms with Gasteiger partial charge in [0.2, 0.25) is 0 Å². The summed E-state index contributed by atoms with van der Waals surface area (Å²) in [6, 6.07) is 0. The lowest BCUT2D eigenvalue weighted by Crippen LogP contribution is -2.04. The van der Waals surface area contributed by atoms with E-state index in [2.05, 4.69) is 30.0 Å². The third kappa shape index (κ3) is 16.7.